The Kier molecular flexibility index (Phi) is 7.90. The number of unbranched alkanes of at least 4 members (excludes halogenated alkanes) is 2. The summed E-state index contributed by atoms with van der Waals surface area (Å²) in [5.74, 6) is -0.128. The van der Waals surface area contributed by atoms with E-state index < -0.39 is 10.0 Å². The minimum absolute atomic E-state index is 0.0222. The van der Waals surface area contributed by atoms with E-state index in [1.807, 2.05) is 12.1 Å². The predicted octanol–water partition coefficient (Wildman–Crippen LogP) is 2.96. The SMILES string of the molecule is CCCCCNC(=O)CCNS(=O)(=O)c1ccc(C(C)(C)C)cc1. The molecule has 0 spiro atoms. The number of hydrogen-bond donors (Lipinski definition) is 2. The summed E-state index contributed by atoms with van der Waals surface area (Å²) >= 11 is 0. The van der Waals surface area contributed by atoms with Gasteiger partial charge in [-0.05, 0) is 29.5 Å². The van der Waals surface area contributed by atoms with Crippen molar-refractivity contribution in [3.05, 3.63) is 29.8 Å². The molecule has 6 heteroatoms. The maximum atomic E-state index is 12.2. The summed E-state index contributed by atoms with van der Waals surface area (Å²) in [6.45, 7) is 9.08. The van der Waals surface area contributed by atoms with Crippen molar-refractivity contribution in [1.82, 2.24) is 10.0 Å². The molecule has 136 valence electrons. The van der Waals surface area contributed by atoms with Crippen LogP contribution in [-0.4, -0.2) is 27.4 Å². The first-order valence-corrected chi connectivity index (χ1v) is 10.0. The van der Waals surface area contributed by atoms with Crippen molar-refractivity contribution in [2.45, 2.75) is 63.7 Å². The van der Waals surface area contributed by atoms with Gasteiger partial charge >= 0.3 is 0 Å². The smallest absolute Gasteiger partial charge is 0.240 e. The van der Waals surface area contributed by atoms with Crippen LogP contribution in [0.3, 0.4) is 0 Å². The minimum Gasteiger partial charge on any atom is -0.356 e. The number of amides is 1. The molecule has 5 nitrogen and oxygen atoms in total. The predicted molar refractivity (Wildman–Crippen MR) is 97.5 cm³/mol. The summed E-state index contributed by atoms with van der Waals surface area (Å²) in [4.78, 5) is 11.9. The number of carbonyl (C=O) groups excluding carboxylic acids is 1. The van der Waals surface area contributed by atoms with Crippen molar-refractivity contribution >= 4 is 15.9 Å². The van der Waals surface area contributed by atoms with E-state index in [0.717, 1.165) is 24.8 Å². The Bertz CT molecular complexity index is 617. The van der Waals surface area contributed by atoms with Crippen molar-refractivity contribution in [2.24, 2.45) is 0 Å². The average molecular weight is 355 g/mol. The van der Waals surface area contributed by atoms with Crippen LogP contribution in [0.4, 0.5) is 0 Å². The average Bonchev–Trinajstić information content (AvgIpc) is 2.51. The summed E-state index contributed by atoms with van der Waals surface area (Å²) in [6, 6.07) is 6.87. The lowest BCUT2D eigenvalue weighted by molar-refractivity contribution is -0.120. The molecule has 24 heavy (non-hydrogen) atoms. The Balaban J connectivity index is 2.48. The fourth-order valence-electron chi connectivity index (χ4n) is 2.21. The van der Waals surface area contributed by atoms with E-state index in [1.165, 1.54) is 0 Å². The lowest BCUT2D eigenvalue weighted by Gasteiger charge is -2.19. The van der Waals surface area contributed by atoms with E-state index >= 15 is 0 Å². The van der Waals surface area contributed by atoms with Crippen LogP contribution in [0.15, 0.2) is 29.2 Å². The molecule has 0 heterocycles. The van der Waals surface area contributed by atoms with Crippen molar-refractivity contribution in [2.75, 3.05) is 13.1 Å². The van der Waals surface area contributed by atoms with E-state index in [-0.39, 0.29) is 29.2 Å². The Morgan fingerprint density at radius 1 is 1.04 bits per heavy atom. The fourth-order valence-corrected chi connectivity index (χ4v) is 3.24. The fraction of sp³-hybridized carbons (Fsp3) is 0.611. The molecule has 0 aliphatic rings. The molecule has 1 rings (SSSR count). The first-order valence-electron chi connectivity index (χ1n) is 8.53. The largest absolute Gasteiger partial charge is 0.356 e. The van der Waals surface area contributed by atoms with Crippen molar-refractivity contribution in [1.29, 1.82) is 0 Å². The number of benzene rings is 1. The van der Waals surface area contributed by atoms with Gasteiger partial charge in [0.15, 0.2) is 0 Å². The number of sulfonamides is 1. The van der Waals surface area contributed by atoms with Gasteiger partial charge in [-0.2, -0.15) is 0 Å². The third-order valence-electron chi connectivity index (χ3n) is 3.78. The molecule has 0 aliphatic heterocycles. The molecule has 0 fully saturated rings. The summed E-state index contributed by atoms with van der Waals surface area (Å²) in [5.41, 5.74) is 1.05. The van der Waals surface area contributed by atoms with Crippen molar-refractivity contribution in [3.8, 4) is 0 Å². The van der Waals surface area contributed by atoms with Gasteiger partial charge in [0.25, 0.3) is 0 Å². The normalized spacial score (nSPS) is 12.2. The molecule has 1 amide bonds. The van der Waals surface area contributed by atoms with Gasteiger partial charge in [-0.3, -0.25) is 4.79 Å². The molecule has 0 aliphatic carbocycles. The zero-order valence-corrected chi connectivity index (χ0v) is 16.0. The molecule has 2 N–H and O–H groups in total. The Morgan fingerprint density at radius 3 is 2.21 bits per heavy atom. The molecule has 0 radical (unpaired) electrons. The van der Waals surface area contributed by atoms with Crippen LogP contribution in [0, 0.1) is 0 Å². The van der Waals surface area contributed by atoms with Crippen LogP contribution in [0.1, 0.15) is 58.9 Å². The highest BCUT2D eigenvalue weighted by atomic mass is 32.2. The third kappa shape index (κ3) is 7.01. The van der Waals surface area contributed by atoms with Crippen molar-refractivity contribution in [3.63, 3.8) is 0 Å². The number of hydrogen-bond acceptors (Lipinski definition) is 3. The van der Waals surface area contributed by atoms with E-state index in [4.69, 9.17) is 0 Å². The standard InChI is InChI=1S/C18H30N2O3S/c1-5-6-7-13-19-17(21)12-14-20-24(22,23)16-10-8-15(9-11-16)18(2,3)4/h8-11,20H,5-7,12-14H2,1-4H3,(H,19,21). The maximum Gasteiger partial charge on any atom is 0.240 e. The molecular weight excluding hydrogens is 324 g/mol. The minimum atomic E-state index is -3.58. The zero-order chi connectivity index (χ0) is 18.2. The Morgan fingerprint density at radius 2 is 1.67 bits per heavy atom. The molecule has 1 aromatic rings. The van der Waals surface area contributed by atoms with Crippen LogP contribution < -0.4 is 10.0 Å². The van der Waals surface area contributed by atoms with E-state index in [1.54, 1.807) is 12.1 Å². The van der Waals surface area contributed by atoms with Gasteiger partial charge in [-0.15, -0.1) is 0 Å². The Hall–Kier alpha value is -1.40. The lowest BCUT2D eigenvalue weighted by Crippen LogP contribution is -2.31. The number of nitrogens with one attached hydrogen (secondary N) is 2. The molecule has 1 aromatic carbocycles. The highest BCUT2D eigenvalue weighted by Crippen LogP contribution is 2.23. The molecule has 0 saturated carbocycles. The topological polar surface area (TPSA) is 75.3 Å². The number of carbonyl (C=O) groups is 1. The van der Waals surface area contributed by atoms with Gasteiger partial charge in [-0.25, -0.2) is 13.1 Å². The van der Waals surface area contributed by atoms with Crippen LogP contribution in [0.2, 0.25) is 0 Å². The first-order chi connectivity index (χ1) is 11.2. The van der Waals surface area contributed by atoms with E-state index in [2.05, 4.69) is 37.7 Å². The van der Waals surface area contributed by atoms with Gasteiger partial charge in [0.05, 0.1) is 4.90 Å². The van der Waals surface area contributed by atoms with E-state index in [9.17, 15) is 13.2 Å². The molecular formula is C18H30N2O3S. The second-order valence-electron chi connectivity index (χ2n) is 6.98. The quantitative estimate of drug-likeness (QED) is 0.670. The molecule has 0 unspecified atom stereocenters. The summed E-state index contributed by atoms with van der Waals surface area (Å²) in [6.07, 6.45) is 3.28. The molecule has 0 bridgehead atoms. The zero-order valence-electron chi connectivity index (χ0n) is 15.2. The lowest BCUT2D eigenvalue weighted by atomic mass is 9.87. The second-order valence-corrected chi connectivity index (χ2v) is 8.75. The van der Waals surface area contributed by atoms with E-state index in [0.29, 0.717) is 6.54 Å². The number of rotatable bonds is 9. The van der Waals surface area contributed by atoms with Crippen LogP contribution in [-0.2, 0) is 20.2 Å². The second kappa shape index (κ2) is 9.18. The summed E-state index contributed by atoms with van der Waals surface area (Å²) in [7, 11) is -3.58. The van der Waals surface area contributed by atoms with Gasteiger partial charge in [0, 0.05) is 19.5 Å². The van der Waals surface area contributed by atoms with Gasteiger partial charge < -0.3 is 5.32 Å². The van der Waals surface area contributed by atoms with Gasteiger partial charge in [0.1, 0.15) is 0 Å². The first kappa shape index (κ1) is 20.6. The molecule has 0 saturated heterocycles. The monoisotopic (exact) mass is 354 g/mol. The highest BCUT2D eigenvalue weighted by Gasteiger charge is 2.17. The van der Waals surface area contributed by atoms with Gasteiger partial charge in [-0.1, -0.05) is 52.7 Å². The third-order valence-corrected chi connectivity index (χ3v) is 5.25. The Labute approximate surface area is 146 Å². The van der Waals surface area contributed by atoms with Crippen LogP contribution in [0.25, 0.3) is 0 Å². The van der Waals surface area contributed by atoms with Crippen LogP contribution >= 0.6 is 0 Å². The highest BCUT2D eigenvalue weighted by molar-refractivity contribution is 7.89. The molecule has 0 aromatic heterocycles. The molecule has 0 atom stereocenters. The summed E-state index contributed by atoms with van der Waals surface area (Å²) < 4.78 is 26.9. The summed E-state index contributed by atoms with van der Waals surface area (Å²) in [5, 5.41) is 2.79. The van der Waals surface area contributed by atoms with Crippen molar-refractivity contribution < 1.29 is 13.2 Å². The van der Waals surface area contributed by atoms with Gasteiger partial charge in [0.2, 0.25) is 15.9 Å². The van der Waals surface area contributed by atoms with Crippen LogP contribution in [0.5, 0.6) is 0 Å². The maximum absolute atomic E-state index is 12.2.